The van der Waals surface area contributed by atoms with Crippen molar-refractivity contribution in [2.75, 3.05) is 0 Å². The fourth-order valence-corrected chi connectivity index (χ4v) is 0.983. The largest absolute Gasteiger partial charge is 0.299 e. The SMILES string of the molecule is O=[N+]([O-])c1cccc2nnnnc12. The molecule has 64 valence electrons. The molecule has 0 saturated heterocycles. The summed E-state index contributed by atoms with van der Waals surface area (Å²) in [6, 6.07) is 4.46. The highest BCUT2D eigenvalue weighted by Gasteiger charge is 2.13. The quantitative estimate of drug-likeness (QED) is 0.460. The summed E-state index contributed by atoms with van der Waals surface area (Å²) >= 11 is 0. The van der Waals surface area contributed by atoms with Crippen molar-refractivity contribution in [3.8, 4) is 0 Å². The molecule has 0 aliphatic carbocycles. The van der Waals surface area contributed by atoms with Crippen molar-refractivity contribution in [2.45, 2.75) is 0 Å². The molecule has 13 heavy (non-hydrogen) atoms. The fourth-order valence-electron chi connectivity index (χ4n) is 0.983. The van der Waals surface area contributed by atoms with E-state index in [1.54, 1.807) is 6.07 Å². The van der Waals surface area contributed by atoms with Crippen molar-refractivity contribution in [1.29, 1.82) is 0 Å². The van der Waals surface area contributed by atoms with Crippen molar-refractivity contribution >= 4 is 16.7 Å². The van der Waals surface area contributed by atoms with Crippen molar-refractivity contribution in [1.82, 2.24) is 20.6 Å². The Hall–Kier alpha value is -2.18. The topological polar surface area (TPSA) is 94.7 Å². The van der Waals surface area contributed by atoms with Gasteiger partial charge in [-0.15, -0.1) is 10.2 Å². The average molecular weight is 177 g/mol. The summed E-state index contributed by atoms with van der Waals surface area (Å²) in [5.74, 6) is 0. The van der Waals surface area contributed by atoms with Crippen LogP contribution in [0.1, 0.15) is 0 Å². The van der Waals surface area contributed by atoms with Crippen LogP contribution in [0.3, 0.4) is 0 Å². The molecule has 0 unspecified atom stereocenters. The number of fused-ring (bicyclic) bond motifs is 1. The molecule has 0 aliphatic heterocycles. The van der Waals surface area contributed by atoms with Crippen LogP contribution in [0.15, 0.2) is 18.2 Å². The van der Waals surface area contributed by atoms with Crippen LogP contribution in [0, 0.1) is 10.1 Å². The van der Waals surface area contributed by atoms with Gasteiger partial charge in [0.1, 0.15) is 5.52 Å². The number of nitro groups is 1. The highest BCUT2D eigenvalue weighted by Crippen LogP contribution is 2.19. The maximum absolute atomic E-state index is 10.5. The standard InChI is InChI=1S/C6H3N5O2/c12-11(13)5-3-1-2-4-6(5)8-10-9-7-4/h1-3H. The van der Waals surface area contributed by atoms with Crippen molar-refractivity contribution in [2.24, 2.45) is 0 Å². The van der Waals surface area contributed by atoms with Crippen LogP contribution in [0.25, 0.3) is 11.0 Å². The zero-order valence-corrected chi connectivity index (χ0v) is 6.28. The fraction of sp³-hybridized carbons (Fsp3) is 0. The number of nitrogens with zero attached hydrogens (tertiary/aromatic N) is 5. The molecule has 2 rings (SSSR count). The third kappa shape index (κ3) is 1.15. The molecular formula is C6H3N5O2. The lowest BCUT2D eigenvalue weighted by Crippen LogP contribution is -1.96. The van der Waals surface area contributed by atoms with Crippen molar-refractivity contribution < 1.29 is 4.92 Å². The zero-order valence-electron chi connectivity index (χ0n) is 6.28. The Morgan fingerprint density at radius 2 is 2.00 bits per heavy atom. The molecule has 1 aromatic carbocycles. The van der Waals surface area contributed by atoms with Gasteiger partial charge in [0.2, 0.25) is 0 Å². The maximum atomic E-state index is 10.5. The first-order valence-electron chi connectivity index (χ1n) is 3.38. The summed E-state index contributed by atoms with van der Waals surface area (Å²) in [6.07, 6.45) is 0. The second kappa shape index (κ2) is 2.70. The molecular weight excluding hydrogens is 174 g/mol. The molecule has 0 aliphatic rings. The number of hydrogen-bond donors (Lipinski definition) is 0. The molecule has 0 bridgehead atoms. The summed E-state index contributed by atoms with van der Waals surface area (Å²) in [5, 5.41) is 24.2. The molecule has 1 heterocycles. The van der Waals surface area contributed by atoms with Gasteiger partial charge in [-0.2, -0.15) is 0 Å². The normalized spacial score (nSPS) is 10.2. The van der Waals surface area contributed by atoms with Gasteiger partial charge in [0.05, 0.1) is 4.92 Å². The highest BCUT2D eigenvalue weighted by atomic mass is 16.6. The molecule has 0 saturated carbocycles. The van der Waals surface area contributed by atoms with Gasteiger partial charge < -0.3 is 0 Å². The van der Waals surface area contributed by atoms with E-state index in [1.165, 1.54) is 12.1 Å². The van der Waals surface area contributed by atoms with Gasteiger partial charge in [-0.05, 0) is 16.5 Å². The molecule has 1 aromatic heterocycles. The number of nitro benzene ring substituents is 1. The Balaban J connectivity index is 2.83. The molecule has 0 fully saturated rings. The van der Waals surface area contributed by atoms with Gasteiger partial charge >= 0.3 is 0 Å². The van der Waals surface area contributed by atoms with Crippen LogP contribution in [0.5, 0.6) is 0 Å². The van der Waals surface area contributed by atoms with Crippen LogP contribution in [0.4, 0.5) is 5.69 Å². The molecule has 0 atom stereocenters. The van der Waals surface area contributed by atoms with E-state index < -0.39 is 4.92 Å². The lowest BCUT2D eigenvalue weighted by atomic mass is 10.3. The predicted octanol–water partition coefficient (Wildman–Crippen LogP) is 0.328. The Morgan fingerprint density at radius 3 is 2.77 bits per heavy atom. The number of rotatable bonds is 1. The number of hydrogen-bond acceptors (Lipinski definition) is 6. The van der Waals surface area contributed by atoms with E-state index in [9.17, 15) is 10.1 Å². The Kier molecular flexibility index (Phi) is 1.55. The summed E-state index contributed by atoms with van der Waals surface area (Å²) in [5.41, 5.74) is 0.409. The van der Waals surface area contributed by atoms with E-state index in [-0.39, 0.29) is 11.2 Å². The second-order valence-corrected chi connectivity index (χ2v) is 2.28. The molecule has 0 radical (unpaired) electrons. The Morgan fingerprint density at radius 1 is 1.23 bits per heavy atom. The van der Waals surface area contributed by atoms with Gasteiger partial charge in [0.25, 0.3) is 5.69 Å². The van der Waals surface area contributed by atoms with Crippen molar-refractivity contribution in [3.05, 3.63) is 28.3 Å². The second-order valence-electron chi connectivity index (χ2n) is 2.28. The van der Waals surface area contributed by atoms with E-state index in [4.69, 9.17) is 0 Å². The van der Waals surface area contributed by atoms with Crippen LogP contribution in [-0.2, 0) is 0 Å². The summed E-state index contributed by atoms with van der Waals surface area (Å²) in [4.78, 5) is 9.98. The first-order chi connectivity index (χ1) is 6.29. The minimum atomic E-state index is -0.529. The van der Waals surface area contributed by atoms with Gasteiger partial charge in [-0.3, -0.25) is 10.1 Å². The molecule has 0 amide bonds. The maximum Gasteiger partial charge on any atom is 0.299 e. The van der Waals surface area contributed by atoms with Crippen molar-refractivity contribution in [3.63, 3.8) is 0 Å². The first kappa shape index (κ1) is 7.47. The van der Waals surface area contributed by atoms with E-state index in [2.05, 4.69) is 20.6 Å². The number of aromatic nitrogens is 4. The minimum absolute atomic E-state index is 0.111. The zero-order chi connectivity index (χ0) is 9.26. The van der Waals surface area contributed by atoms with Crippen LogP contribution in [0.2, 0.25) is 0 Å². The van der Waals surface area contributed by atoms with E-state index in [1.807, 2.05) is 0 Å². The van der Waals surface area contributed by atoms with E-state index in [0.717, 1.165) is 0 Å². The molecule has 2 aromatic rings. The van der Waals surface area contributed by atoms with Gasteiger partial charge in [0.15, 0.2) is 5.52 Å². The van der Waals surface area contributed by atoms with E-state index >= 15 is 0 Å². The highest BCUT2D eigenvalue weighted by molar-refractivity contribution is 5.82. The van der Waals surface area contributed by atoms with Gasteiger partial charge in [-0.25, -0.2) is 0 Å². The van der Waals surface area contributed by atoms with Crippen LogP contribution >= 0.6 is 0 Å². The van der Waals surface area contributed by atoms with Crippen LogP contribution in [-0.4, -0.2) is 25.5 Å². The summed E-state index contributed by atoms with van der Waals surface area (Å²) < 4.78 is 0. The Bertz CT molecular complexity index is 466. The lowest BCUT2D eigenvalue weighted by molar-refractivity contribution is -0.383. The van der Waals surface area contributed by atoms with E-state index in [0.29, 0.717) is 5.52 Å². The minimum Gasteiger partial charge on any atom is -0.258 e. The molecule has 7 nitrogen and oxygen atoms in total. The third-order valence-electron chi connectivity index (χ3n) is 1.53. The smallest absolute Gasteiger partial charge is 0.258 e. The Labute approximate surface area is 71.5 Å². The summed E-state index contributed by atoms with van der Waals surface area (Å²) in [6.45, 7) is 0. The van der Waals surface area contributed by atoms with Gasteiger partial charge in [-0.1, -0.05) is 6.07 Å². The molecule has 0 N–H and O–H groups in total. The molecule has 7 heteroatoms. The molecule has 0 spiro atoms. The predicted molar refractivity (Wildman–Crippen MR) is 41.8 cm³/mol. The monoisotopic (exact) mass is 177 g/mol. The summed E-state index contributed by atoms with van der Waals surface area (Å²) in [7, 11) is 0. The number of benzene rings is 1. The van der Waals surface area contributed by atoms with Gasteiger partial charge in [0, 0.05) is 6.07 Å². The average Bonchev–Trinajstić information content (AvgIpc) is 2.17. The lowest BCUT2D eigenvalue weighted by Gasteiger charge is -1.93. The van der Waals surface area contributed by atoms with Crippen LogP contribution < -0.4 is 0 Å². The first-order valence-corrected chi connectivity index (χ1v) is 3.38. The third-order valence-corrected chi connectivity index (χ3v) is 1.53. The number of non-ortho nitro benzene ring substituents is 1.